The van der Waals surface area contributed by atoms with Crippen LogP contribution in [-0.4, -0.2) is 14.5 Å². The Labute approximate surface area is 99.2 Å². The summed E-state index contributed by atoms with van der Waals surface area (Å²) in [7, 11) is -3.58. The van der Waals surface area contributed by atoms with E-state index in [1.807, 2.05) is 0 Å². The minimum atomic E-state index is -3.58. The second kappa shape index (κ2) is 4.12. The molecule has 0 aromatic heterocycles. The molecule has 0 aliphatic carbocycles. The highest BCUT2D eigenvalue weighted by atomic mass is 32.2. The first kappa shape index (κ1) is 12.1. The van der Waals surface area contributed by atoms with Crippen molar-refractivity contribution in [1.29, 1.82) is 0 Å². The fraction of sp³-hybridized carbons (Fsp3) is 0.273. The molecule has 2 unspecified atom stereocenters. The van der Waals surface area contributed by atoms with Gasteiger partial charge < -0.3 is 4.74 Å². The summed E-state index contributed by atoms with van der Waals surface area (Å²) >= 11 is 0. The predicted octanol–water partition coefficient (Wildman–Crippen LogP) is 1.71. The molecule has 0 saturated carbocycles. The lowest BCUT2D eigenvalue weighted by Gasteiger charge is -2.15. The van der Waals surface area contributed by atoms with E-state index in [1.54, 1.807) is 13.0 Å². The van der Waals surface area contributed by atoms with E-state index in [2.05, 4.69) is 11.3 Å². The summed E-state index contributed by atoms with van der Waals surface area (Å²) < 4.78 is 44.0. The summed E-state index contributed by atoms with van der Waals surface area (Å²) in [6.45, 7) is 4.88. The van der Waals surface area contributed by atoms with Crippen LogP contribution in [0.2, 0.25) is 0 Å². The molecule has 1 aliphatic heterocycles. The zero-order chi connectivity index (χ0) is 12.6. The minimum absolute atomic E-state index is 0.108. The van der Waals surface area contributed by atoms with Crippen LogP contribution < -0.4 is 9.46 Å². The quantitative estimate of drug-likeness (QED) is 0.896. The van der Waals surface area contributed by atoms with Crippen molar-refractivity contribution in [1.82, 2.24) is 4.72 Å². The number of fused-ring (bicyclic) bond motifs is 1. The molecule has 0 bridgehead atoms. The van der Waals surface area contributed by atoms with Gasteiger partial charge in [-0.1, -0.05) is 18.7 Å². The normalized spacial score (nSPS) is 22.9. The van der Waals surface area contributed by atoms with Gasteiger partial charge in [0.25, 0.3) is 0 Å². The van der Waals surface area contributed by atoms with Crippen LogP contribution in [-0.2, 0) is 10.0 Å². The van der Waals surface area contributed by atoms with Crippen LogP contribution in [0.15, 0.2) is 30.2 Å². The van der Waals surface area contributed by atoms with Crippen LogP contribution in [0.3, 0.4) is 0 Å². The van der Waals surface area contributed by atoms with Crippen molar-refractivity contribution in [3.8, 4) is 5.75 Å². The molecule has 0 saturated heterocycles. The van der Waals surface area contributed by atoms with Gasteiger partial charge in [0.2, 0.25) is 10.0 Å². The van der Waals surface area contributed by atoms with Crippen LogP contribution in [0.4, 0.5) is 4.39 Å². The SMILES string of the molecule is C=CS(=O)(=O)NC1c2cccc(F)c2OC1C. The average molecular weight is 257 g/mol. The Morgan fingerprint density at radius 2 is 2.24 bits per heavy atom. The maximum absolute atomic E-state index is 13.4. The van der Waals surface area contributed by atoms with Crippen LogP contribution in [0.5, 0.6) is 5.75 Å². The Kier molecular flexibility index (Phi) is 2.92. The molecular weight excluding hydrogens is 245 g/mol. The summed E-state index contributed by atoms with van der Waals surface area (Å²) in [5.41, 5.74) is 0.503. The van der Waals surface area contributed by atoms with Crippen molar-refractivity contribution in [2.75, 3.05) is 0 Å². The molecule has 0 spiro atoms. The van der Waals surface area contributed by atoms with Crippen LogP contribution in [0.1, 0.15) is 18.5 Å². The fourth-order valence-electron chi connectivity index (χ4n) is 1.79. The van der Waals surface area contributed by atoms with Crippen LogP contribution in [0, 0.1) is 5.82 Å². The van der Waals surface area contributed by atoms with Gasteiger partial charge in [-0.25, -0.2) is 17.5 Å². The predicted molar refractivity (Wildman–Crippen MR) is 61.5 cm³/mol. The summed E-state index contributed by atoms with van der Waals surface area (Å²) in [5.74, 6) is -0.383. The Morgan fingerprint density at radius 3 is 2.88 bits per heavy atom. The second-order valence-electron chi connectivity index (χ2n) is 3.79. The van der Waals surface area contributed by atoms with Gasteiger partial charge in [0, 0.05) is 11.0 Å². The molecule has 4 nitrogen and oxygen atoms in total. The van der Waals surface area contributed by atoms with Gasteiger partial charge in [-0.3, -0.25) is 0 Å². The highest BCUT2D eigenvalue weighted by Gasteiger charge is 2.35. The van der Waals surface area contributed by atoms with E-state index in [9.17, 15) is 12.8 Å². The number of halogens is 1. The van der Waals surface area contributed by atoms with Gasteiger partial charge in [0.15, 0.2) is 11.6 Å². The molecule has 92 valence electrons. The van der Waals surface area contributed by atoms with Gasteiger partial charge in [-0.15, -0.1) is 0 Å². The first-order chi connectivity index (χ1) is 7.94. The molecule has 1 N–H and O–H groups in total. The first-order valence-corrected chi connectivity index (χ1v) is 6.59. The standard InChI is InChI=1S/C11H12FNO3S/c1-3-17(14,15)13-10-7(2)16-11-8(10)5-4-6-9(11)12/h3-7,10,13H,1H2,2H3. The molecule has 1 aliphatic rings. The van der Waals surface area contributed by atoms with Gasteiger partial charge in [-0.2, -0.15) is 0 Å². The van der Waals surface area contributed by atoms with E-state index in [-0.39, 0.29) is 5.75 Å². The number of sulfonamides is 1. The number of ether oxygens (including phenoxy) is 1. The third-order valence-corrected chi connectivity index (χ3v) is 3.64. The van der Waals surface area contributed by atoms with E-state index < -0.39 is 28.0 Å². The molecule has 1 aromatic carbocycles. The van der Waals surface area contributed by atoms with E-state index in [4.69, 9.17) is 4.74 Å². The molecule has 2 atom stereocenters. The van der Waals surface area contributed by atoms with Crippen molar-refractivity contribution in [2.24, 2.45) is 0 Å². The summed E-state index contributed by atoms with van der Waals surface area (Å²) in [5, 5.41) is 0.816. The smallest absolute Gasteiger partial charge is 0.233 e. The number of benzene rings is 1. The fourth-order valence-corrected chi connectivity index (χ4v) is 2.55. The third kappa shape index (κ3) is 2.18. The average Bonchev–Trinajstić information content (AvgIpc) is 2.58. The van der Waals surface area contributed by atoms with Crippen molar-refractivity contribution in [2.45, 2.75) is 19.1 Å². The second-order valence-corrected chi connectivity index (χ2v) is 5.45. The number of rotatable bonds is 3. The lowest BCUT2D eigenvalue weighted by atomic mass is 10.1. The van der Waals surface area contributed by atoms with Crippen LogP contribution >= 0.6 is 0 Å². The molecule has 1 heterocycles. The monoisotopic (exact) mass is 257 g/mol. The Morgan fingerprint density at radius 1 is 1.53 bits per heavy atom. The van der Waals surface area contributed by atoms with Gasteiger partial charge >= 0.3 is 0 Å². The molecule has 0 fully saturated rings. The van der Waals surface area contributed by atoms with Crippen LogP contribution in [0.25, 0.3) is 0 Å². The molecule has 6 heteroatoms. The van der Waals surface area contributed by atoms with E-state index in [0.29, 0.717) is 5.56 Å². The maximum atomic E-state index is 13.4. The van der Waals surface area contributed by atoms with Crippen molar-refractivity contribution in [3.05, 3.63) is 41.6 Å². The molecule has 0 radical (unpaired) electrons. The largest absolute Gasteiger partial charge is 0.485 e. The first-order valence-electron chi connectivity index (χ1n) is 5.04. The topological polar surface area (TPSA) is 55.4 Å². The van der Waals surface area contributed by atoms with Crippen molar-refractivity contribution < 1.29 is 17.5 Å². The van der Waals surface area contributed by atoms with Gasteiger partial charge in [0.1, 0.15) is 6.10 Å². The third-order valence-electron chi connectivity index (χ3n) is 2.62. The van der Waals surface area contributed by atoms with E-state index in [0.717, 1.165) is 5.41 Å². The van der Waals surface area contributed by atoms with Gasteiger partial charge in [-0.05, 0) is 13.0 Å². The molecule has 2 rings (SSSR count). The van der Waals surface area contributed by atoms with E-state index in [1.165, 1.54) is 12.1 Å². The zero-order valence-corrected chi connectivity index (χ0v) is 10.00. The zero-order valence-electron chi connectivity index (χ0n) is 9.18. The molecule has 0 amide bonds. The van der Waals surface area contributed by atoms with Gasteiger partial charge in [0.05, 0.1) is 6.04 Å². The Bertz CT molecular complexity index is 556. The lowest BCUT2D eigenvalue weighted by molar-refractivity contribution is 0.214. The summed E-state index contributed by atoms with van der Waals surface area (Å²) in [6.07, 6.45) is -0.461. The number of hydrogen-bond donors (Lipinski definition) is 1. The number of hydrogen-bond acceptors (Lipinski definition) is 3. The molecule has 1 aromatic rings. The Balaban J connectivity index is 2.39. The summed E-state index contributed by atoms with van der Waals surface area (Å²) in [4.78, 5) is 0. The maximum Gasteiger partial charge on any atom is 0.233 e. The number of nitrogens with one attached hydrogen (secondary N) is 1. The molecular formula is C11H12FNO3S. The lowest BCUT2D eigenvalue weighted by Crippen LogP contribution is -2.32. The highest BCUT2D eigenvalue weighted by Crippen LogP contribution is 2.38. The van der Waals surface area contributed by atoms with E-state index >= 15 is 0 Å². The Hall–Kier alpha value is -1.40. The number of para-hydroxylation sites is 1. The minimum Gasteiger partial charge on any atom is -0.485 e. The highest BCUT2D eigenvalue weighted by molar-refractivity contribution is 7.92. The molecule has 17 heavy (non-hydrogen) atoms. The summed E-state index contributed by atoms with van der Waals surface area (Å²) in [6, 6.07) is 3.84. The van der Waals surface area contributed by atoms with Crippen molar-refractivity contribution in [3.63, 3.8) is 0 Å². The van der Waals surface area contributed by atoms with Crippen molar-refractivity contribution >= 4 is 10.0 Å².